The number of fused-ring (bicyclic) bond motifs is 1. The summed E-state index contributed by atoms with van der Waals surface area (Å²) >= 11 is 1.27. The second-order valence-corrected chi connectivity index (χ2v) is 10.3. The number of nitriles is 1. The molecule has 3 heterocycles. The number of halogens is 3. The van der Waals surface area contributed by atoms with E-state index in [-0.39, 0.29) is 23.6 Å². The van der Waals surface area contributed by atoms with Gasteiger partial charge in [0, 0.05) is 41.7 Å². The number of hydrogen-bond acceptors (Lipinski definition) is 6. The summed E-state index contributed by atoms with van der Waals surface area (Å²) in [6.45, 7) is 0.587. The number of nitrogens with two attached hydrogens (primary N) is 1. The molecule has 0 radical (unpaired) electrons. The van der Waals surface area contributed by atoms with Gasteiger partial charge < -0.3 is 15.5 Å². The van der Waals surface area contributed by atoms with Gasteiger partial charge in [-0.05, 0) is 36.9 Å². The van der Waals surface area contributed by atoms with Crippen LogP contribution in [-0.4, -0.2) is 58.6 Å². The molecule has 0 bridgehead atoms. The number of primary amides is 1. The molecule has 8 nitrogen and oxygen atoms in total. The number of alkyl halides is 3. The monoisotopic (exact) mass is 542 g/mol. The van der Waals surface area contributed by atoms with Crippen LogP contribution >= 0.6 is 11.3 Å². The molecule has 2 N–H and O–H groups in total. The van der Waals surface area contributed by atoms with Gasteiger partial charge in [0.2, 0.25) is 11.8 Å². The first-order valence-corrected chi connectivity index (χ1v) is 12.4. The Kier molecular flexibility index (Phi) is 7.71. The Hall–Kier alpha value is -3.95. The third-order valence-electron chi connectivity index (χ3n) is 6.08. The lowest BCUT2D eigenvalue weighted by Crippen LogP contribution is -2.37. The summed E-state index contributed by atoms with van der Waals surface area (Å²) in [6, 6.07) is 10.5. The van der Waals surface area contributed by atoms with Crippen molar-refractivity contribution in [2.75, 3.05) is 27.2 Å². The zero-order chi connectivity index (χ0) is 27.6. The number of aromatic nitrogens is 2. The molecule has 198 valence electrons. The highest BCUT2D eigenvalue weighted by Gasteiger charge is 2.39. The second-order valence-electron chi connectivity index (χ2n) is 9.18. The highest BCUT2D eigenvalue weighted by atomic mass is 32.1. The minimum absolute atomic E-state index is 0.194. The Morgan fingerprint density at radius 1 is 1.26 bits per heavy atom. The molecule has 38 heavy (non-hydrogen) atoms. The molecule has 2 amide bonds. The van der Waals surface area contributed by atoms with Crippen LogP contribution in [0, 0.1) is 11.3 Å². The predicted molar refractivity (Wildman–Crippen MR) is 136 cm³/mol. The quantitative estimate of drug-likeness (QED) is 0.459. The van der Waals surface area contributed by atoms with Crippen molar-refractivity contribution >= 4 is 23.2 Å². The molecule has 4 rings (SSSR count). The molecule has 12 heteroatoms. The average molecular weight is 543 g/mol. The summed E-state index contributed by atoms with van der Waals surface area (Å²) in [5.41, 5.74) is 5.49. The molecule has 1 aliphatic rings. The van der Waals surface area contributed by atoms with Crippen LogP contribution in [0.5, 0.6) is 0 Å². The van der Waals surface area contributed by atoms with Crippen LogP contribution in [0.2, 0.25) is 0 Å². The van der Waals surface area contributed by atoms with Gasteiger partial charge in [0.05, 0.1) is 6.54 Å². The van der Waals surface area contributed by atoms with Gasteiger partial charge in [-0.25, -0.2) is 0 Å². The number of benzene rings is 1. The number of likely N-dealkylation sites (N-methyl/N-ethyl adjacent to an activating group) is 1. The summed E-state index contributed by atoms with van der Waals surface area (Å²) in [6.07, 6.45) is -0.378. The van der Waals surface area contributed by atoms with Gasteiger partial charge in [0.1, 0.15) is 17.5 Å². The summed E-state index contributed by atoms with van der Waals surface area (Å²) < 4.78 is 42.9. The van der Waals surface area contributed by atoms with E-state index in [4.69, 9.17) is 5.73 Å². The lowest BCUT2D eigenvalue weighted by molar-refractivity contribution is -0.141. The largest absolute Gasteiger partial charge is 0.435 e. The molecule has 0 saturated heterocycles. The van der Waals surface area contributed by atoms with Crippen molar-refractivity contribution in [1.29, 1.82) is 5.26 Å². The molecular formula is C26H25F3N6O2S. The number of hydrogen-bond donors (Lipinski definition) is 1. The first-order chi connectivity index (χ1) is 18.0. The minimum Gasteiger partial charge on any atom is -0.368 e. The number of amides is 2. The summed E-state index contributed by atoms with van der Waals surface area (Å²) in [7, 11) is 3.76. The van der Waals surface area contributed by atoms with E-state index in [2.05, 4.69) is 11.2 Å². The minimum atomic E-state index is -4.78. The second kappa shape index (κ2) is 10.8. The molecule has 3 aromatic rings. The number of carbonyl (C=O) groups is 2. The van der Waals surface area contributed by atoms with Gasteiger partial charge in [-0.1, -0.05) is 30.3 Å². The molecule has 0 fully saturated rings. The Morgan fingerprint density at radius 3 is 2.66 bits per heavy atom. The number of nitrogens with zero attached hydrogens (tertiary/aromatic N) is 5. The average Bonchev–Trinajstić information content (AvgIpc) is 3.46. The molecule has 0 unspecified atom stereocenters. The summed E-state index contributed by atoms with van der Waals surface area (Å²) in [4.78, 5) is 29.2. The van der Waals surface area contributed by atoms with Crippen molar-refractivity contribution in [2.45, 2.75) is 25.2 Å². The van der Waals surface area contributed by atoms with Gasteiger partial charge in [-0.2, -0.15) is 23.5 Å². The van der Waals surface area contributed by atoms with E-state index >= 15 is 0 Å². The smallest absolute Gasteiger partial charge is 0.368 e. The number of rotatable bonds is 7. The van der Waals surface area contributed by atoms with Crippen LogP contribution in [0.15, 0.2) is 48.7 Å². The van der Waals surface area contributed by atoms with E-state index in [1.54, 1.807) is 41.3 Å². The summed E-state index contributed by atoms with van der Waals surface area (Å²) in [5, 5.41) is 13.1. The predicted octanol–water partition coefficient (Wildman–Crippen LogP) is 3.58. The van der Waals surface area contributed by atoms with Crippen molar-refractivity contribution in [2.24, 2.45) is 5.73 Å². The third kappa shape index (κ3) is 5.79. The zero-order valence-corrected chi connectivity index (χ0v) is 21.5. The van der Waals surface area contributed by atoms with E-state index in [0.717, 1.165) is 21.3 Å². The molecule has 1 atom stereocenters. The van der Waals surface area contributed by atoms with Crippen LogP contribution in [0.4, 0.5) is 13.2 Å². The maximum Gasteiger partial charge on any atom is 0.435 e. The maximum atomic E-state index is 14.0. The van der Waals surface area contributed by atoms with E-state index in [9.17, 15) is 28.0 Å². The molecule has 1 aliphatic heterocycles. The lowest BCUT2D eigenvalue weighted by Gasteiger charge is -2.33. The SMILES string of the molecule is CN(C)C/C=C/C(=O)N1Cc2sc(C#N)cc2[C@H](c2ccccc2-c2cn(CC(N)=O)nc2C(F)(F)F)C1. The number of thiophene rings is 1. The van der Waals surface area contributed by atoms with Gasteiger partial charge in [0.15, 0.2) is 5.69 Å². The van der Waals surface area contributed by atoms with Crippen molar-refractivity contribution in [1.82, 2.24) is 19.6 Å². The molecular weight excluding hydrogens is 517 g/mol. The van der Waals surface area contributed by atoms with Gasteiger partial charge in [0.25, 0.3) is 0 Å². The fraction of sp³-hybridized carbons (Fsp3) is 0.308. The molecule has 0 aliphatic carbocycles. The van der Waals surface area contributed by atoms with E-state index in [0.29, 0.717) is 23.5 Å². The van der Waals surface area contributed by atoms with Gasteiger partial charge in [-0.3, -0.25) is 14.3 Å². The third-order valence-corrected chi connectivity index (χ3v) is 7.12. The highest BCUT2D eigenvalue weighted by molar-refractivity contribution is 7.12. The highest BCUT2D eigenvalue weighted by Crippen LogP contribution is 2.44. The molecule has 0 saturated carbocycles. The first kappa shape index (κ1) is 27.1. The normalized spacial score (nSPS) is 15.6. The molecule has 0 spiro atoms. The Balaban J connectivity index is 1.82. The van der Waals surface area contributed by atoms with Crippen LogP contribution < -0.4 is 5.73 Å². The molecule has 2 aromatic heterocycles. The van der Waals surface area contributed by atoms with E-state index in [1.165, 1.54) is 17.4 Å². The Bertz CT molecular complexity index is 1430. The van der Waals surface area contributed by atoms with Crippen molar-refractivity contribution in [3.05, 3.63) is 75.3 Å². The van der Waals surface area contributed by atoms with E-state index in [1.807, 2.05) is 19.0 Å². The Morgan fingerprint density at radius 2 is 2.00 bits per heavy atom. The Labute approximate surface area is 221 Å². The van der Waals surface area contributed by atoms with Gasteiger partial charge in [-0.15, -0.1) is 11.3 Å². The maximum absolute atomic E-state index is 14.0. The van der Waals surface area contributed by atoms with Crippen molar-refractivity contribution in [3.8, 4) is 17.2 Å². The lowest BCUT2D eigenvalue weighted by atomic mass is 9.83. The van der Waals surface area contributed by atoms with Gasteiger partial charge >= 0.3 is 6.18 Å². The van der Waals surface area contributed by atoms with Crippen LogP contribution in [-0.2, 0) is 28.9 Å². The van der Waals surface area contributed by atoms with E-state index < -0.39 is 30.2 Å². The van der Waals surface area contributed by atoms with Crippen LogP contribution in [0.3, 0.4) is 0 Å². The van der Waals surface area contributed by atoms with Crippen molar-refractivity contribution in [3.63, 3.8) is 0 Å². The first-order valence-electron chi connectivity index (χ1n) is 11.6. The summed E-state index contributed by atoms with van der Waals surface area (Å²) in [5.74, 6) is -1.53. The standard InChI is InChI=1S/C26H25F3N6O2S/c1-33(2)9-5-8-24(37)34-12-20(19-10-16(11-30)38-22(19)14-34)17-6-3-4-7-18(17)21-13-35(15-23(31)36)32-25(21)26(27,28)29/h3-8,10,13,20H,9,12,14-15H2,1-2H3,(H2,31,36)/b8-5+/t20-/m0/s1. The fourth-order valence-corrected chi connectivity index (χ4v) is 5.53. The van der Waals surface area contributed by atoms with Crippen molar-refractivity contribution < 1.29 is 22.8 Å². The van der Waals surface area contributed by atoms with Crippen LogP contribution in [0.1, 0.15) is 32.5 Å². The zero-order valence-electron chi connectivity index (χ0n) is 20.7. The number of carbonyl (C=O) groups excluding carboxylic acids is 2. The molecule has 1 aromatic carbocycles. The fourth-order valence-electron chi connectivity index (χ4n) is 4.49. The van der Waals surface area contributed by atoms with Crippen LogP contribution in [0.25, 0.3) is 11.1 Å². The topological polar surface area (TPSA) is 108 Å².